The number of hydroxylamine groups is 1. The van der Waals surface area contributed by atoms with E-state index < -0.39 is 5.82 Å². The summed E-state index contributed by atoms with van der Waals surface area (Å²) in [5.41, 5.74) is 2.78. The second kappa shape index (κ2) is 14.5. The molecule has 0 spiro atoms. The normalized spacial score (nSPS) is 22.3. The number of nitrogens with one attached hydrogen (secondary N) is 2. The number of carbonyl (C=O) groups excluding carboxylic acids is 1. The number of hydrogen-bond acceptors (Lipinski definition) is 10. The second-order valence-electron chi connectivity index (χ2n) is 13.3. The summed E-state index contributed by atoms with van der Waals surface area (Å²) in [5.74, 6) is 0.787. The smallest absolute Gasteiger partial charge is 0.247 e. The van der Waals surface area contributed by atoms with Gasteiger partial charge in [0, 0.05) is 69.4 Å². The number of piperidine rings is 1. The molecule has 11 nitrogen and oxygen atoms in total. The molecule has 49 heavy (non-hydrogen) atoms. The minimum atomic E-state index is -0.480. The van der Waals surface area contributed by atoms with Crippen LogP contribution in [0, 0.1) is 5.82 Å². The molecule has 0 radical (unpaired) electrons. The summed E-state index contributed by atoms with van der Waals surface area (Å²) in [4.78, 5) is 35.1. The lowest BCUT2D eigenvalue weighted by atomic mass is 9.99. The molecular formula is C36H44ClFN8O3. The molecular weight excluding hydrogens is 647 g/mol. The molecule has 2 aromatic carbocycles. The van der Waals surface area contributed by atoms with E-state index in [-0.39, 0.29) is 17.0 Å². The molecule has 4 heterocycles. The lowest BCUT2D eigenvalue weighted by molar-refractivity contribution is -0.111. The van der Waals surface area contributed by atoms with E-state index in [4.69, 9.17) is 21.2 Å². The summed E-state index contributed by atoms with van der Waals surface area (Å²) in [5, 5.41) is 8.07. The number of methoxy groups -OCH3 is 1. The molecule has 2 atom stereocenters. The Morgan fingerprint density at radius 1 is 1.06 bits per heavy atom. The summed E-state index contributed by atoms with van der Waals surface area (Å²) < 4.78 is 20.2. The number of anilines is 5. The lowest BCUT2D eigenvalue weighted by Crippen LogP contribution is -2.57. The van der Waals surface area contributed by atoms with E-state index in [2.05, 4.69) is 48.8 Å². The Bertz CT molecular complexity index is 1680. The van der Waals surface area contributed by atoms with Crippen LogP contribution in [0.1, 0.15) is 50.6 Å². The molecule has 260 valence electrons. The third-order valence-electron chi connectivity index (χ3n) is 10.2. The Morgan fingerprint density at radius 3 is 2.61 bits per heavy atom. The van der Waals surface area contributed by atoms with E-state index in [1.165, 1.54) is 37.9 Å². The van der Waals surface area contributed by atoms with Crippen molar-refractivity contribution < 1.29 is 18.8 Å². The van der Waals surface area contributed by atoms with Crippen LogP contribution in [0.15, 0.2) is 55.4 Å². The van der Waals surface area contributed by atoms with Crippen LogP contribution in [0.2, 0.25) is 5.02 Å². The van der Waals surface area contributed by atoms with Crippen LogP contribution in [0.4, 0.5) is 33.1 Å². The van der Waals surface area contributed by atoms with Gasteiger partial charge in [-0.15, -0.1) is 0 Å². The number of amides is 1. The average molecular weight is 691 g/mol. The highest BCUT2D eigenvalue weighted by atomic mass is 35.5. The zero-order chi connectivity index (χ0) is 34.1. The molecule has 4 aliphatic rings. The predicted molar refractivity (Wildman–Crippen MR) is 190 cm³/mol. The molecule has 3 saturated heterocycles. The van der Waals surface area contributed by atoms with Gasteiger partial charge in [0.15, 0.2) is 5.82 Å². The number of piperazine rings is 1. The number of ether oxygens (including phenoxy) is 1. The zero-order valence-electron chi connectivity index (χ0n) is 28.1. The monoisotopic (exact) mass is 690 g/mol. The highest BCUT2D eigenvalue weighted by Gasteiger charge is 2.37. The van der Waals surface area contributed by atoms with E-state index in [1.54, 1.807) is 30.4 Å². The number of carbonyl (C=O) groups is 1. The van der Waals surface area contributed by atoms with Crippen molar-refractivity contribution in [3.63, 3.8) is 0 Å². The predicted octanol–water partition coefficient (Wildman–Crippen LogP) is 6.17. The number of halogens is 2. The first kappa shape index (κ1) is 33.5. The molecule has 7 rings (SSSR count). The van der Waals surface area contributed by atoms with Crippen LogP contribution in [-0.2, 0) is 9.63 Å². The Balaban J connectivity index is 1.09. The summed E-state index contributed by atoms with van der Waals surface area (Å²) in [6.45, 7) is 11.7. The molecule has 0 bridgehead atoms. The van der Waals surface area contributed by atoms with Crippen LogP contribution in [0.5, 0.6) is 5.75 Å². The minimum absolute atomic E-state index is 0.0693. The summed E-state index contributed by atoms with van der Waals surface area (Å²) in [6, 6.07) is 11.9. The average Bonchev–Trinajstić information content (AvgIpc) is 3.86. The minimum Gasteiger partial charge on any atom is -0.494 e. The van der Waals surface area contributed by atoms with Gasteiger partial charge in [-0.1, -0.05) is 30.3 Å². The molecule has 2 N–H and O–H groups in total. The Morgan fingerprint density at radius 2 is 1.88 bits per heavy atom. The van der Waals surface area contributed by atoms with Crippen molar-refractivity contribution in [3.8, 4) is 5.75 Å². The van der Waals surface area contributed by atoms with Crippen LogP contribution < -0.4 is 25.3 Å². The standard InChI is InChI=1S/C36H44ClFN8O3/c1-4-35(47)42-28-18-29(41-33-20-34(40-22-39-33)46-30(12-17-49-46)26-6-5-7-27(38)36(26)37)32(48-3)19-31(28)43-13-10-25(11-14-43)45-16-15-44(21-23(45)2)24-8-9-24/h4-7,18-20,22-25,30H,1,8-17,21H2,2-3H3,(H,42,47)(H,39,40,41)/t23-,30-/m1/s1. The lowest BCUT2D eigenvalue weighted by Gasteiger charge is -2.47. The van der Waals surface area contributed by atoms with Gasteiger partial charge in [-0.25, -0.2) is 19.4 Å². The summed E-state index contributed by atoms with van der Waals surface area (Å²) in [6.07, 6.45) is 8.13. The molecule has 1 amide bonds. The van der Waals surface area contributed by atoms with E-state index in [1.807, 2.05) is 12.1 Å². The highest BCUT2D eigenvalue weighted by molar-refractivity contribution is 6.31. The highest BCUT2D eigenvalue weighted by Crippen LogP contribution is 2.42. The van der Waals surface area contributed by atoms with Gasteiger partial charge in [0.05, 0.1) is 41.8 Å². The quantitative estimate of drug-likeness (QED) is 0.241. The SMILES string of the molecule is C=CC(=O)Nc1cc(Nc2cc(N3OCC[C@@H]3c3cccc(F)c3Cl)ncn2)c(OC)cc1N1CCC(N2CCN(C3CC3)C[C@H]2C)CC1. The second-order valence-corrected chi connectivity index (χ2v) is 13.7. The first-order valence-corrected chi connectivity index (χ1v) is 17.6. The number of nitrogens with zero attached hydrogens (tertiary/aromatic N) is 6. The van der Waals surface area contributed by atoms with Gasteiger partial charge in [-0.3, -0.25) is 19.4 Å². The van der Waals surface area contributed by atoms with Gasteiger partial charge in [0.1, 0.15) is 23.7 Å². The fourth-order valence-electron chi connectivity index (χ4n) is 7.56. The topological polar surface area (TPSA) is 98.3 Å². The fourth-order valence-corrected chi connectivity index (χ4v) is 7.81. The largest absolute Gasteiger partial charge is 0.494 e. The molecule has 3 aromatic rings. The Kier molecular flexibility index (Phi) is 9.91. The first-order chi connectivity index (χ1) is 23.8. The molecule has 13 heteroatoms. The van der Waals surface area contributed by atoms with E-state index in [9.17, 15) is 9.18 Å². The summed E-state index contributed by atoms with van der Waals surface area (Å²) in [7, 11) is 1.62. The van der Waals surface area contributed by atoms with Gasteiger partial charge < -0.3 is 20.3 Å². The van der Waals surface area contributed by atoms with E-state index in [0.29, 0.717) is 59.4 Å². The van der Waals surface area contributed by atoms with Crippen molar-refractivity contribution in [3.05, 3.63) is 71.8 Å². The maximum absolute atomic E-state index is 14.3. The Hall–Kier alpha value is -3.97. The van der Waals surface area contributed by atoms with Gasteiger partial charge in [0.25, 0.3) is 0 Å². The number of aromatic nitrogens is 2. The Labute approximate surface area is 292 Å². The van der Waals surface area contributed by atoms with Crippen molar-refractivity contribution in [2.24, 2.45) is 0 Å². The molecule has 3 aliphatic heterocycles. The van der Waals surface area contributed by atoms with Crippen LogP contribution in [0.3, 0.4) is 0 Å². The maximum Gasteiger partial charge on any atom is 0.247 e. The van der Waals surface area contributed by atoms with Crippen molar-refractivity contribution in [1.29, 1.82) is 0 Å². The fraction of sp³-hybridized carbons (Fsp3) is 0.472. The third kappa shape index (κ3) is 7.19. The van der Waals surface area contributed by atoms with Gasteiger partial charge >= 0.3 is 0 Å². The zero-order valence-corrected chi connectivity index (χ0v) is 28.8. The molecule has 0 unspecified atom stereocenters. The van der Waals surface area contributed by atoms with Crippen molar-refractivity contribution in [1.82, 2.24) is 19.8 Å². The molecule has 1 aromatic heterocycles. The van der Waals surface area contributed by atoms with Crippen molar-refractivity contribution >= 4 is 46.2 Å². The number of benzene rings is 2. The van der Waals surface area contributed by atoms with Gasteiger partial charge in [-0.05, 0) is 56.4 Å². The van der Waals surface area contributed by atoms with Crippen LogP contribution >= 0.6 is 11.6 Å². The first-order valence-electron chi connectivity index (χ1n) is 17.2. The van der Waals surface area contributed by atoms with Crippen molar-refractivity contribution in [2.45, 2.75) is 63.2 Å². The van der Waals surface area contributed by atoms with Gasteiger partial charge in [0.2, 0.25) is 5.91 Å². The van der Waals surface area contributed by atoms with Crippen LogP contribution in [0.25, 0.3) is 0 Å². The number of rotatable bonds is 10. The van der Waals surface area contributed by atoms with E-state index in [0.717, 1.165) is 50.7 Å². The van der Waals surface area contributed by atoms with E-state index >= 15 is 0 Å². The molecule has 1 aliphatic carbocycles. The maximum atomic E-state index is 14.3. The van der Waals surface area contributed by atoms with Crippen LogP contribution in [-0.4, -0.2) is 90.2 Å². The van der Waals surface area contributed by atoms with Gasteiger partial charge in [-0.2, -0.15) is 0 Å². The molecule has 1 saturated carbocycles. The third-order valence-corrected chi connectivity index (χ3v) is 10.6. The molecule has 4 fully saturated rings. The van der Waals surface area contributed by atoms with Crippen molar-refractivity contribution in [2.75, 3.05) is 67.0 Å². The number of hydrogen-bond donors (Lipinski definition) is 2. The summed E-state index contributed by atoms with van der Waals surface area (Å²) >= 11 is 6.33.